The molecule has 2 aromatic rings. The van der Waals surface area contributed by atoms with E-state index < -0.39 is 29.7 Å². The Balaban J connectivity index is 1.89. The zero-order chi connectivity index (χ0) is 22.3. The van der Waals surface area contributed by atoms with E-state index in [-0.39, 0.29) is 29.2 Å². The van der Waals surface area contributed by atoms with Crippen LogP contribution in [0, 0.1) is 6.92 Å². The molecule has 6 N–H and O–H groups in total. The molecule has 0 saturated heterocycles. The number of hydrogen-bond donors (Lipinski definition) is 5. The van der Waals surface area contributed by atoms with Crippen LogP contribution < -0.4 is 21.7 Å². The van der Waals surface area contributed by atoms with E-state index in [9.17, 15) is 24.3 Å². The van der Waals surface area contributed by atoms with Crippen molar-refractivity contribution in [3.63, 3.8) is 0 Å². The second-order valence-electron chi connectivity index (χ2n) is 6.41. The van der Waals surface area contributed by atoms with Crippen LogP contribution in [0.3, 0.4) is 0 Å². The lowest BCUT2D eigenvalue weighted by Gasteiger charge is -2.17. The topological polar surface area (TPSA) is 151 Å². The summed E-state index contributed by atoms with van der Waals surface area (Å²) < 4.78 is 0. The fourth-order valence-corrected chi connectivity index (χ4v) is 2.88. The first-order valence-electron chi connectivity index (χ1n) is 8.88. The van der Waals surface area contributed by atoms with Crippen molar-refractivity contribution in [3.8, 4) is 0 Å². The molecule has 2 rings (SSSR count). The molecule has 2 aromatic carbocycles. The highest BCUT2D eigenvalue weighted by Crippen LogP contribution is 2.19. The fraction of sp³-hybridized carbons (Fsp3) is 0.200. The number of halogens is 1. The van der Waals surface area contributed by atoms with Crippen LogP contribution in [0.2, 0.25) is 5.02 Å². The number of carbonyl (C=O) groups excluding carboxylic acids is 3. The van der Waals surface area contributed by atoms with Gasteiger partial charge in [0.05, 0.1) is 17.1 Å². The van der Waals surface area contributed by atoms with Crippen LogP contribution in [0.4, 0.5) is 5.69 Å². The van der Waals surface area contributed by atoms with Crippen molar-refractivity contribution in [2.24, 2.45) is 0 Å². The predicted octanol–water partition coefficient (Wildman–Crippen LogP) is 0.960. The normalized spacial score (nSPS) is 11.3. The van der Waals surface area contributed by atoms with E-state index in [1.807, 2.05) is 0 Å². The van der Waals surface area contributed by atoms with Gasteiger partial charge in [0.25, 0.3) is 11.8 Å². The molecule has 0 aromatic heterocycles. The highest BCUT2D eigenvalue weighted by Gasteiger charge is 2.23. The van der Waals surface area contributed by atoms with Crippen molar-refractivity contribution in [2.45, 2.75) is 13.0 Å². The molecule has 158 valence electrons. The highest BCUT2D eigenvalue weighted by molar-refractivity contribution is 6.34. The van der Waals surface area contributed by atoms with Gasteiger partial charge in [-0.2, -0.15) is 0 Å². The number of nitrogen functional groups attached to an aromatic ring is 1. The number of carboxylic acid groups (broad SMARTS) is 1. The Morgan fingerprint density at radius 3 is 2.40 bits per heavy atom. The van der Waals surface area contributed by atoms with Crippen molar-refractivity contribution in [1.29, 1.82) is 0 Å². The number of rotatable bonds is 8. The number of carbonyl (C=O) groups is 4. The predicted molar refractivity (Wildman–Crippen MR) is 111 cm³/mol. The van der Waals surface area contributed by atoms with Crippen LogP contribution in [0.5, 0.6) is 0 Å². The zero-order valence-corrected chi connectivity index (χ0v) is 16.8. The highest BCUT2D eigenvalue weighted by atomic mass is 35.5. The molecule has 10 heteroatoms. The van der Waals surface area contributed by atoms with Gasteiger partial charge in [0.2, 0.25) is 5.91 Å². The van der Waals surface area contributed by atoms with E-state index in [2.05, 4.69) is 16.0 Å². The molecule has 0 heterocycles. The van der Waals surface area contributed by atoms with Crippen LogP contribution in [0.15, 0.2) is 42.5 Å². The first-order chi connectivity index (χ1) is 14.2. The average molecular weight is 433 g/mol. The number of aryl methyl sites for hydroxylation is 1. The maximum Gasteiger partial charge on any atom is 0.328 e. The summed E-state index contributed by atoms with van der Waals surface area (Å²) >= 11 is 6.02. The molecule has 1 atom stereocenters. The monoisotopic (exact) mass is 432 g/mol. The third-order valence-electron chi connectivity index (χ3n) is 4.11. The minimum absolute atomic E-state index is 0.158. The summed E-state index contributed by atoms with van der Waals surface area (Å²) in [4.78, 5) is 47.8. The van der Waals surface area contributed by atoms with Crippen molar-refractivity contribution in [1.82, 2.24) is 16.0 Å². The van der Waals surface area contributed by atoms with Gasteiger partial charge in [0.1, 0.15) is 6.04 Å². The van der Waals surface area contributed by atoms with Gasteiger partial charge in [-0.3, -0.25) is 14.4 Å². The number of anilines is 1. The summed E-state index contributed by atoms with van der Waals surface area (Å²) in [6.07, 6.45) is 0. The molecule has 0 fully saturated rings. The Labute approximate surface area is 177 Å². The maximum absolute atomic E-state index is 12.4. The SMILES string of the molecule is Cc1cccc(Cl)c1C(=O)NC(CNC(=O)CNC(=O)c1cccc(N)c1)C(=O)O. The number of amides is 3. The van der Waals surface area contributed by atoms with Gasteiger partial charge in [-0.1, -0.05) is 29.8 Å². The lowest BCUT2D eigenvalue weighted by molar-refractivity contribution is -0.139. The molecular weight excluding hydrogens is 412 g/mol. The largest absolute Gasteiger partial charge is 0.480 e. The molecule has 9 nitrogen and oxygen atoms in total. The summed E-state index contributed by atoms with van der Waals surface area (Å²) in [6, 6.07) is 9.68. The Morgan fingerprint density at radius 1 is 1.07 bits per heavy atom. The Bertz CT molecular complexity index is 959. The number of nitrogens with two attached hydrogens (primary N) is 1. The number of carboxylic acids is 1. The van der Waals surface area contributed by atoms with E-state index in [1.54, 1.807) is 31.2 Å². The maximum atomic E-state index is 12.4. The lowest BCUT2D eigenvalue weighted by atomic mass is 10.1. The standard InChI is InChI=1S/C20H21ClN4O5/c1-11-4-2-7-14(21)17(11)19(28)25-15(20(29)30)9-23-16(26)10-24-18(27)12-5-3-6-13(22)8-12/h2-8,15H,9-10,22H2,1H3,(H,23,26)(H,24,27)(H,25,28)(H,29,30). The van der Waals surface area contributed by atoms with Crippen molar-refractivity contribution in [3.05, 3.63) is 64.2 Å². The summed E-state index contributed by atoms with van der Waals surface area (Å²) in [6.45, 7) is 0.913. The molecule has 0 aliphatic rings. The second-order valence-corrected chi connectivity index (χ2v) is 6.82. The number of hydrogen-bond acceptors (Lipinski definition) is 5. The summed E-state index contributed by atoms with van der Waals surface area (Å²) in [7, 11) is 0. The average Bonchev–Trinajstić information content (AvgIpc) is 2.68. The smallest absolute Gasteiger partial charge is 0.328 e. The number of benzene rings is 2. The van der Waals surface area contributed by atoms with Crippen LogP contribution in [-0.2, 0) is 9.59 Å². The van der Waals surface area contributed by atoms with E-state index in [0.717, 1.165) is 0 Å². The molecule has 0 spiro atoms. The molecule has 3 amide bonds. The third-order valence-corrected chi connectivity index (χ3v) is 4.43. The molecular formula is C20H21ClN4O5. The third kappa shape index (κ3) is 6.21. The Hall–Kier alpha value is -3.59. The molecule has 1 unspecified atom stereocenters. The molecule has 0 aliphatic carbocycles. The van der Waals surface area contributed by atoms with E-state index in [4.69, 9.17) is 17.3 Å². The quantitative estimate of drug-likeness (QED) is 0.392. The van der Waals surface area contributed by atoms with Crippen LogP contribution >= 0.6 is 11.6 Å². The molecule has 30 heavy (non-hydrogen) atoms. The van der Waals surface area contributed by atoms with E-state index in [1.165, 1.54) is 18.2 Å². The van der Waals surface area contributed by atoms with Gasteiger partial charge in [-0.15, -0.1) is 0 Å². The zero-order valence-electron chi connectivity index (χ0n) is 16.1. The van der Waals surface area contributed by atoms with Crippen molar-refractivity contribution in [2.75, 3.05) is 18.8 Å². The van der Waals surface area contributed by atoms with E-state index >= 15 is 0 Å². The summed E-state index contributed by atoms with van der Waals surface area (Å²) in [5, 5.41) is 16.6. The van der Waals surface area contributed by atoms with Crippen LogP contribution in [0.1, 0.15) is 26.3 Å². The van der Waals surface area contributed by atoms with Gasteiger partial charge in [-0.25, -0.2) is 4.79 Å². The Kier molecular flexibility index (Phi) is 7.76. The minimum atomic E-state index is -1.39. The molecule has 0 radical (unpaired) electrons. The molecule has 0 bridgehead atoms. The van der Waals surface area contributed by atoms with Crippen LogP contribution in [0.25, 0.3) is 0 Å². The summed E-state index contributed by atoms with van der Waals surface area (Å²) in [5.41, 5.74) is 7.03. The van der Waals surface area contributed by atoms with Crippen molar-refractivity contribution < 1.29 is 24.3 Å². The Morgan fingerprint density at radius 2 is 1.77 bits per heavy atom. The molecule has 0 aliphatic heterocycles. The van der Waals surface area contributed by atoms with E-state index in [0.29, 0.717) is 11.3 Å². The molecule has 0 saturated carbocycles. The van der Waals surface area contributed by atoms with Gasteiger partial charge in [0.15, 0.2) is 0 Å². The van der Waals surface area contributed by atoms with Crippen molar-refractivity contribution >= 4 is 41.0 Å². The first kappa shape index (κ1) is 22.7. The lowest BCUT2D eigenvalue weighted by Crippen LogP contribution is -2.50. The fourth-order valence-electron chi connectivity index (χ4n) is 2.57. The summed E-state index contributed by atoms with van der Waals surface area (Å²) in [5.74, 6) is -3.14. The van der Waals surface area contributed by atoms with Gasteiger partial charge in [-0.05, 0) is 36.8 Å². The van der Waals surface area contributed by atoms with Gasteiger partial charge in [0, 0.05) is 17.8 Å². The van der Waals surface area contributed by atoms with Gasteiger partial charge >= 0.3 is 5.97 Å². The minimum Gasteiger partial charge on any atom is -0.480 e. The number of aliphatic carboxylic acids is 1. The van der Waals surface area contributed by atoms with Gasteiger partial charge < -0.3 is 26.8 Å². The van der Waals surface area contributed by atoms with Crippen LogP contribution in [-0.4, -0.2) is 47.9 Å². The first-order valence-corrected chi connectivity index (χ1v) is 9.26. The second kappa shape index (κ2) is 10.3. The number of nitrogens with one attached hydrogen (secondary N) is 3.